The molecule has 156 valence electrons. The van der Waals surface area contributed by atoms with E-state index in [4.69, 9.17) is 9.47 Å². The molecular weight excluding hydrogens is 366 g/mol. The van der Waals surface area contributed by atoms with Crippen LogP contribution in [0.1, 0.15) is 44.9 Å². The lowest BCUT2D eigenvalue weighted by molar-refractivity contribution is 0.00942. The Hall–Kier alpha value is -1.73. The molecule has 0 N–H and O–H groups in total. The van der Waals surface area contributed by atoms with Gasteiger partial charge in [-0.05, 0) is 76.7 Å². The summed E-state index contributed by atoms with van der Waals surface area (Å²) in [5.41, 5.74) is 0. The molecular formula is C21H30F2N2O3. The monoisotopic (exact) mass is 396 g/mol. The average Bonchev–Trinajstić information content (AvgIpc) is 2.66. The van der Waals surface area contributed by atoms with Crippen LogP contribution in [-0.4, -0.2) is 61.3 Å². The van der Waals surface area contributed by atoms with Crippen molar-refractivity contribution < 1.29 is 23.0 Å². The van der Waals surface area contributed by atoms with Crippen molar-refractivity contribution in [3.8, 4) is 5.75 Å². The van der Waals surface area contributed by atoms with Gasteiger partial charge in [0.25, 0.3) is 0 Å². The van der Waals surface area contributed by atoms with Crippen molar-refractivity contribution in [2.45, 2.75) is 57.1 Å². The molecule has 0 aromatic heterocycles. The molecule has 2 aliphatic rings. The number of carbonyl (C=O) groups excluding carboxylic acids is 1. The summed E-state index contributed by atoms with van der Waals surface area (Å²) >= 11 is 0. The standard InChI is InChI=1S/C21H30F2N2O3/c1-24(21(26)28-18-9-10-19(22)20(23)15-18)16-5-7-17(8-6-16)27-14-3-2-11-25-12-4-13-25/h9-10,15-17H,2-8,11-14H2,1H3. The Labute approximate surface area is 165 Å². The fraction of sp³-hybridized carbons (Fsp3) is 0.667. The van der Waals surface area contributed by atoms with Gasteiger partial charge in [-0.1, -0.05) is 0 Å². The number of likely N-dealkylation sites (tertiary alicyclic amines) is 1. The van der Waals surface area contributed by atoms with E-state index in [2.05, 4.69) is 4.90 Å². The topological polar surface area (TPSA) is 42.0 Å². The lowest BCUT2D eigenvalue weighted by Gasteiger charge is -2.34. The first-order chi connectivity index (χ1) is 13.5. The Balaban J connectivity index is 1.32. The minimum atomic E-state index is -1.03. The van der Waals surface area contributed by atoms with Crippen LogP contribution in [0.15, 0.2) is 18.2 Å². The molecule has 28 heavy (non-hydrogen) atoms. The number of hydrogen-bond acceptors (Lipinski definition) is 4. The molecule has 1 aromatic rings. The zero-order chi connectivity index (χ0) is 19.9. The highest BCUT2D eigenvalue weighted by Crippen LogP contribution is 2.26. The van der Waals surface area contributed by atoms with Crippen molar-refractivity contribution in [1.82, 2.24) is 9.80 Å². The van der Waals surface area contributed by atoms with Crippen LogP contribution in [0, 0.1) is 11.6 Å². The summed E-state index contributed by atoms with van der Waals surface area (Å²) in [4.78, 5) is 16.3. The van der Waals surface area contributed by atoms with E-state index in [1.54, 1.807) is 11.9 Å². The molecule has 1 aliphatic carbocycles. The number of carbonyl (C=O) groups is 1. The van der Waals surface area contributed by atoms with E-state index in [0.29, 0.717) is 0 Å². The third kappa shape index (κ3) is 5.88. The van der Waals surface area contributed by atoms with Crippen molar-refractivity contribution in [3.05, 3.63) is 29.8 Å². The first kappa shape index (κ1) is 21.0. The molecule has 3 rings (SSSR count). The fourth-order valence-corrected chi connectivity index (χ4v) is 3.75. The molecule has 2 fully saturated rings. The minimum Gasteiger partial charge on any atom is -0.410 e. The van der Waals surface area contributed by atoms with Gasteiger partial charge < -0.3 is 19.3 Å². The van der Waals surface area contributed by atoms with Gasteiger partial charge in [-0.2, -0.15) is 0 Å². The summed E-state index contributed by atoms with van der Waals surface area (Å²) in [6.07, 6.45) is 6.85. The van der Waals surface area contributed by atoms with Crippen LogP contribution in [0.2, 0.25) is 0 Å². The van der Waals surface area contributed by atoms with Gasteiger partial charge in [0, 0.05) is 25.8 Å². The maximum Gasteiger partial charge on any atom is 0.415 e. The van der Waals surface area contributed by atoms with E-state index < -0.39 is 17.7 Å². The molecule has 7 heteroatoms. The van der Waals surface area contributed by atoms with Gasteiger partial charge in [-0.3, -0.25) is 0 Å². The Morgan fingerprint density at radius 2 is 1.89 bits per heavy atom. The number of rotatable bonds is 8. The molecule has 0 unspecified atom stereocenters. The highest BCUT2D eigenvalue weighted by molar-refractivity contribution is 5.70. The summed E-state index contributed by atoms with van der Waals surface area (Å²) in [5, 5.41) is 0. The summed E-state index contributed by atoms with van der Waals surface area (Å²) in [7, 11) is 1.68. The Morgan fingerprint density at radius 1 is 1.14 bits per heavy atom. The van der Waals surface area contributed by atoms with Crippen LogP contribution in [0.5, 0.6) is 5.75 Å². The van der Waals surface area contributed by atoms with Crippen LogP contribution < -0.4 is 4.74 Å². The number of nitrogens with zero attached hydrogens (tertiary/aromatic N) is 2. The maximum absolute atomic E-state index is 13.2. The molecule has 0 atom stereocenters. The third-order valence-corrected chi connectivity index (χ3v) is 5.75. The van der Waals surface area contributed by atoms with Gasteiger partial charge in [0.15, 0.2) is 11.6 Å². The van der Waals surface area contributed by atoms with E-state index in [0.717, 1.165) is 50.8 Å². The molecule has 0 bridgehead atoms. The second kappa shape index (κ2) is 10.2. The van der Waals surface area contributed by atoms with Gasteiger partial charge in [0.1, 0.15) is 5.75 Å². The number of ether oxygens (including phenoxy) is 2. The highest BCUT2D eigenvalue weighted by Gasteiger charge is 2.28. The normalized spacial score (nSPS) is 22.5. The molecule has 0 spiro atoms. The zero-order valence-corrected chi connectivity index (χ0v) is 16.5. The molecule has 1 saturated carbocycles. The number of amides is 1. The summed E-state index contributed by atoms with van der Waals surface area (Å²) in [6.45, 7) is 4.48. The molecule has 1 heterocycles. The van der Waals surface area contributed by atoms with Gasteiger partial charge in [-0.25, -0.2) is 13.6 Å². The number of unbranched alkanes of at least 4 members (excludes halogenated alkanes) is 1. The predicted octanol–water partition coefficient (Wildman–Crippen LogP) is 4.21. The predicted molar refractivity (Wildman–Crippen MR) is 102 cm³/mol. The van der Waals surface area contributed by atoms with Gasteiger partial charge >= 0.3 is 6.09 Å². The first-order valence-electron chi connectivity index (χ1n) is 10.3. The largest absolute Gasteiger partial charge is 0.415 e. The smallest absolute Gasteiger partial charge is 0.410 e. The van der Waals surface area contributed by atoms with Crippen molar-refractivity contribution in [1.29, 1.82) is 0 Å². The maximum atomic E-state index is 13.2. The van der Waals surface area contributed by atoms with Gasteiger partial charge in [0.2, 0.25) is 0 Å². The van der Waals surface area contributed by atoms with Crippen LogP contribution in [0.3, 0.4) is 0 Å². The molecule has 1 amide bonds. The van der Waals surface area contributed by atoms with E-state index in [1.165, 1.54) is 38.5 Å². The van der Waals surface area contributed by atoms with Crippen LogP contribution in [-0.2, 0) is 4.74 Å². The van der Waals surface area contributed by atoms with E-state index in [-0.39, 0.29) is 17.9 Å². The van der Waals surface area contributed by atoms with Crippen molar-refractivity contribution >= 4 is 6.09 Å². The van der Waals surface area contributed by atoms with Crippen molar-refractivity contribution in [3.63, 3.8) is 0 Å². The summed E-state index contributed by atoms with van der Waals surface area (Å²) in [5.74, 6) is -1.99. The molecule has 1 aliphatic heterocycles. The number of benzene rings is 1. The van der Waals surface area contributed by atoms with Crippen molar-refractivity contribution in [2.75, 3.05) is 33.3 Å². The molecule has 0 radical (unpaired) electrons. The van der Waals surface area contributed by atoms with E-state index in [1.807, 2.05) is 0 Å². The fourth-order valence-electron chi connectivity index (χ4n) is 3.75. The zero-order valence-electron chi connectivity index (χ0n) is 16.5. The third-order valence-electron chi connectivity index (χ3n) is 5.75. The van der Waals surface area contributed by atoms with E-state index >= 15 is 0 Å². The average molecular weight is 396 g/mol. The Kier molecular flexibility index (Phi) is 7.62. The Bertz CT molecular complexity index is 647. The van der Waals surface area contributed by atoms with Gasteiger partial charge in [0.05, 0.1) is 6.10 Å². The first-order valence-corrected chi connectivity index (χ1v) is 10.3. The number of halogens is 2. The molecule has 1 saturated heterocycles. The highest BCUT2D eigenvalue weighted by atomic mass is 19.2. The molecule has 5 nitrogen and oxygen atoms in total. The Morgan fingerprint density at radius 3 is 2.54 bits per heavy atom. The van der Waals surface area contributed by atoms with Crippen LogP contribution >= 0.6 is 0 Å². The summed E-state index contributed by atoms with van der Waals surface area (Å²) < 4.78 is 37.4. The second-order valence-electron chi connectivity index (χ2n) is 7.76. The summed E-state index contributed by atoms with van der Waals surface area (Å²) in [6, 6.07) is 3.15. The van der Waals surface area contributed by atoms with Gasteiger partial charge in [-0.15, -0.1) is 0 Å². The van der Waals surface area contributed by atoms with E-state index in [9.17, 15) is 13.6 Å². The van der Waals surface area contributed by atoms with Crippen molar-refractivity contribution in [2.24, 2.45) is 0 Å². The minimum absolute atomic E-state index is 0.00555. The quantitative estimate of drug-likeness (QED) is 0.618. The lowest BCUT2D eigenvalue weighted by Crippen LogP contribution is -2.42. The number of hydrogen-bond donors (Lipinski definition) is 0. The SMILES string of the molecule is CN(C(=O)Oc1ccc(F)c(F)c1)C1CCC(OCCCCN2CCC2)CC1. The molecule has 1 aromatic carbocycles. The van der Waals surface area contributed by atoms with Crippen LogP contribution in [0.25, 0.3) is 0 Å². The lowest BCUT2D eigenvalue weighted by atomic mass is 9.92. The second-order valence-corrected chi connectivity index (χ2v) is 7.76. The van der Waals surface area contributed by atoms with Crippen LogP contribution in [0.4, 0.5) is 13.6 Å².